The first-order valence-electron chi connectivity index (χ1n) is 5.39. The summed E-state index contributed by atoms with van der Waals surface area (Å²) in [5.41, 5.74) is 6.38. The number of carbonyl (C=O) groups is 1. The van der Waals surface area contributed by atoms with E-state index >= 15 is 0 Å². The second kappa shape index (κ2) is 5.37. The van der Waals surface area contributed by atoms with Crippen LogP contribution in [0.3, 0.4) is 0 Å². The predicted molar refractivity (Wildman–Crippen MR) is 71.2 cm³/mol. The highest BCUT2D eigenvalue weighted by molar-refractivity contribution is 9.10. The Labute approximate surface area is 113 Å². The Morgan fingerprint density at radius 1 is 1.39 bits per heavy atom. The van der Waals surface area contributed by atoms with Crippen molar-refractivity contribution in [2.75, 3.05) is 0 Å². The Morgan fingerprint density at radius 3 is 2.83 bits per heavy atom. The molecule has 0 aliphatic heterocycles. The van der Waals surface area contributed by atoms with E-state index in [1.165, 1.54) is 0 Å². The van der Waals surface area contributed by atoms with Crippen molar-refractivity contribution in [2.45, 2.75) is 12.5 Å². The second-order valence-corrected chi connectivity index (χ2v) is 4.84. The summed E-state index contributed by atoms with van der Waals surface area (Å²) in [6.07, 6.45) is 0.184. The van der Waals surface area contributed by atoms with Gasteiger partial charge in [0.1, 0.15) is 17.6 Å². The van der Waals surface area contributed by atoms with E-state index in [0.717, 1.165) is 10.0 Å². The van der Waals surface area contributed by atoms with Crippen molar-refractivity contribution < 1.29 is 14.3 Å². The molecule has 0 saturated heterocycles. The van der Waals surface area contributed by atoms with Crippen LogP contribution in [-0.4, -0.2) is 17.1 Å². The summed E-state index contributed by atoms with van der Waals surface area (Å²) in [6, 6.07) is 10.3. The lowest BCUT2D eigenvalue weighted by atomic mass is 10.2. The molecule has 2 aromatic rings. The number of carboxylic acid groups (broad SMARTS) is 1. The number of hydrogen-bond donors (Lipinski definition) is 2. The highest BCUT2D eigenvalue weighted by Crippen LogP contribution is 2.25. The van der Waals surface area contributed by atoms with Gasteiger partial charge in [-0.05, 0) is 24.3 Å². The Hall–Kier alpha value is -1.59. The third-order valence-electron chi connectivity index (χ3n) is 2.51. The molecule has 0 saturated carbocycles. The van der Waals surface area contributed by atoms with E-state index in [-0.39, 0.29) is 6.42 Å². The molecular weight excluding hydrogens is 298 g/mol. The molecule has 1 unspecified atom stereocenters. The SMILES string of the molecule is NC(Cc1ccc(-c2cccc(Br)c2)o1)C(=O)O. The highest BCUT2D eigenvalue weighted by Gasteiger charge is 2.15. The number of hydrogen-bond acceptors (Lipinski definition) is 3. The van der Waals surface area contributed by atoms with Crippen molar-refractivity contribution in [3.05, 3.63) is 46.6 Å². The molecule has 0 aliphatic carbocycles. The summed E-state index contributed by atoms with van der Waals surface area (Å²) < 4.78 is 6.54. The van der Waals surface area contributed by atoms with Crippen molar-refractivity contribution in [1.82, 2.24) is 0 Å². The zero-order valence-electron chi connectivity index (χ0n) is 9.47. The molecule has 0 bridgehead atoms. The molecule has 5 heteroatoms. The standard InChI is InChI=1S/C13H12BrNO3/c14-9-3-1-2-8(6-9)12-5-4-10(18-12)7-11(15)13(16)17/h1-6,11H,7,15H2,(H,16,17). The normalized spacial score (nSPS) is 12.3. The first kappa shape index (κ1) is 12.9. The molecule has 0 radical (unpaired) electrons. The largest absolute Gasteiger partial charge is 0.480 e. The molecule has 0 amide bonds. The maximum absolute atomic E-state index is 10.7. The molecule has 1 heterocycles. The second-order valence-electron chi connectivity index (χ2n) is 3.93. The van der Waals surface area contributed by atoms with Gasteiger partial charge in [-0.25, -0.2) is 0 Å². The summed E-state index contributed by atoms with van der Waals surface area (Å²) in [4.78, 5) is 10.7. The van der Waals surface area contributed by atoms with E-state index < -0.39 is 12.0 Å². The highest BCUT2D eigenvalue weighted by atomic mass is 79.9. The van der Waals surface area contributed by atoms with Gasteiger partial charge in [0, 0.05) is 16.5 Å². The topological polar surface area (TPSA) is 76.5 Å². The van der Waals surface area contributed by atoms with Crippen molar-refractivity contribution in [1.29, 1.82) is 0 Å². The van der Waals surface area contributed by atoms with E-state index in [1.807, 2.05) is 30.3 Å². The summed E-state index contributed by atoms with van der Waals surface area (Å²) in [5.74, 6) is 0.235. The van der Waals surface area contributed by atoms with Crippen molar-refractivity contribution in [2.24, 2.45) is 5.73 Å². The minimum Gasteiger partial charge on any atom is -0.480 e. The van der Waals surface area contributed by atoms with Gasteiger partial charge in [-0.3, -0.25) is 4.79 Å². The van der Waals surface area contributed by atoms with E-state index in [1.54, 1.807) is 6.07 Å². The first-order valence-corrected chi connectivity index (χ1v) is 6.18. The van der Waals surface area contributed by atoms with Gasteiger partial charge >= 0.3 is 5.97 Å². The number of aliphatic carboxylic acids is 1. The average Bonchev–Trinajstić information content (AvgIpc) is 2.77. The zero-order valence-corrected chi connectivity index (χ0v) is 11.1. The van der Waals surface area contributed by atoms with E-state index in [9.17, 15) is 4.79 Å². The molecule has 94 valence electrons. The summed E-state index contributed by atoms with van der Waals surface area (Å²) >= 11 is 3.39. The van der Waals surface area contributed by atoms with Crippen LogP contribution in [0.4, 0.5) is 0 Å². The van der Waals surface area contributed by atoms with Crippen molar-refractivity contribution >= 4 is 21.9 Å². The Kier molecular flexibility index (Phi) is 3.84. The van der Waals surface area contributed by atoms with Gasteiger partial charge in [0.25, 0.3) is 0 Å². The molecule has 1 aromatic carbocycles. The Morgan fingerprint density at radius 2 is 2.17 bits per heavy atom. The fourth-order valence-electron chi connectivity index (χ4n) is 1.59. The van der Waals surface area contributed by atoms with Crippen molar-refractivity contribution in [3.8, 4) is 11.3 Å². The third-order valence-corrected chi connectivity index (χ3v) is 3.00. The zero-order chi connectivity index (χ0) is 13.1. The van der Waals surface area contributed by atoms with Crippen LogP contribution in [0.5, 0.6) is 0 Å². The molecule has 2 rings (SSSR count). The third kappa shape index (κ3) is 3.00. The number of carboxylic acids is 1. The van der Waals surface area contributed by atoms with Crippen molar-refractivity contribution in [3.63, 3.8) is 0 Å². The maximum atomic E-state index is 10.7. The van der Waals surface area contributed by atoms with Gasteiger partial charge in [-0.2, -0.15) is 0 Å². The fraction of sp³-hybridized carbons (Fsp3) is 0.154. The van der Waals surface area contributed by atoms with Gasteiger partial charge in [0.2, 0.25) is 0 Å². The Bertz CT molecular complexity index is 565. The average molecular weight is 310 g/mol. The Balaban J connectivity index is 2.18. The molecular formula is C13H12BrNO3. The quantitative estimate of drug-likeness (QED) is 0.910. The van der Waals surface area contributed by atoms with Gasteiger partial charge in [0.15, 0.2) is 0 Å². The molecule has 0 spiro atoms. The molecule has 4 nitrogen and oxygen atoms in total. The monoisotopic (exact) mass is 309 g/mol. The van der Waals surface area contributed by atoms with Gasteiger partial charge in [-0.15, -0.1) is 0 Å². The number of nitrogens with two attached hydrogens (primary N) is 1. The van der Waals surface area contributed by atoms with Gasteiger partial charge in [0.05, 0.1) is 0 Å². The number of rotatable bonds is 4. The maximum Gasteiger partial charge on any atom is 0.320 e. The molecule has 0 aliphatic rings. The van der Waals surface area contributed by atoms with Gasteiger partial charge in [-0.1, -0.05) is 28.1 Å². The van der Waals surface area contributed by atoms with Crippen LogP contribution in [0.1, 0.15) is 5.76 Å². The van der Waals surface area contributed by atoms with E-state index in [2.05, 4.69) is 15.9 Å². The predicted octanol–water partition coefficient (Wildman–Crippen LogP) is 2.66. The molecule has 1 atom stereocenters. The minimum atomic E-state index is -1.03. The van der Waals surface area contributed by atoms with Gasteiger partial charge < -0.3 is 15.3 Å². The van der Waals surface area contributed by atoms with Crippen LogP contribution < -0.4 is 5.73 Å². The number of furan rings is 1. The number of benzene rings is 1. The summed E-state index contributed by atoms with van der Waals surface area (Å²) in [7, 11) is 0. The lowest BCUT2D eigenvalue weighted by Gasteiger charge is -2.03. The molecule has 3 N–H and O–H groups in total. The smallest absolute Gasteiger partial charge is 0.320 e. The minimum absolute atomic E-state index is 0.184. The fourth-order valence-corrected chi connectivity index (χ4v) is 1.99. The van der Waals surface area contributed by atoms with E-state index in [0.29, 0.717) is 11.5 Å². The van der Waals surface area contributed by atoms with Crippen LogP contribution in [0.25, 0.3) is 11.3 Å². The lowest BCUT2D eigenvalue weighted by Crippen LogP contribution is -2.32. The van der Waals surface area contributed by atoms with Crippen LogP contribution in [0, 0.1) is 0 Å². The molecule has 18 heavy (non-hydrogen) atoms. The summed E-state index contributed by atoms with van der Waals surface area (Å²) in [6.45, 7) is 0. The summed E-state index contributed by atoms with van der Waals surface area (Å²) in [5, 5.41) is 8.73. The molecule has 0 fully saturated rings. The van der Waals surface area contributed by atoms with E-state index in [4.69, 9.17) is 15.3 Å². The van der Waals surface area contributed by atoms with Crippen LogP contribution in [-0.2, 0) is 11.2 Å². The molecule has 1 aromatic heterocycles. The van der Waals surface area contributed by atoms with Crippen LogP contribution in [0.2, 0.25) is 0 Å². The number of halogens is 1. The van der Waals surface area contributed by atoms with Crippen LogP contribution in [0.15, 0.2) is 45.3 Å². The van der Waals surface area contributed by atoms with Crippen LogP contribution >= 0.6 is 15.9 Å². The lowest BCUT2D eigenvalue weighted by molar-refractivity contribution is -0.138. The first-order chi connectivity index (χ1) is 8.56.